The lowest BCUT2D eigenvalue weighted by Crippen LogP contribution is -2.22. The number of fused-ring (bicyclic) bond motifs is 1. The molecule has 0 bridgehead atoms. The monoisotopic (exact) mass is 332 g/mol. The molecule has 0 fully saturated rings. The largest absolute Gasteiger partial charge is 0.361 e. The normalized spacial score (nSPS) is 12.0. The molecule has 1 aromatic carbocycles. The number of hydrogen-bond donors (Lipinski definition) is 0. The molecule has 4 nitrogen and oxygen atoms in total. The van der Waals surface area contributed by atoms with E-state index >= 15 is 0 Å². The Morgan fingerprint density at radius 3 is 2.61 bits per heavy atom. The van der Waals surface area contributed by atoms with Crippen molar-refractivity contribution in [2.24, 2.45) is 0 Å². The quantitative estimate of drug-likeness (QED) is 0.541. The van der Waals surface area contributed by atoms with Crippen molar-refractivity contribution >= 4 is 19.1 Å². The second-order valence-electron chi connectivity index (χ2n) is 7.25. The highest BCUT2D eigenvalue weighted by Crippen LogP contribution is 2.17. The summed E-state index contributed by atoms with van der Waals surface area (Å²) in [7, 11) is -1.08. The maximum Gasteiger partial charge on any atom is 0.178 e. The highest BCUT2D eigenvalue weighted by Gasteiger charge is 2.13. The highest BCUT2D eigenvalue weighted by molar-refractivity contribution is 6.76. The van der Waals surface area contributed by atoms with Crippen molar-refractivity contribution in [3.8, 4) is 0 Å². The Kier molecular flexibility index (Phi) is 6.13. The number of unbranched alkanes of at least 4 members (excludes halogenated alkanes) is 1. The van der Waals surface area contributed by atoms with Crippen molar-refractivity contribution in [3.05, 3.63) is 40.3 Å². The number of ether oxygens (including phenoxy) is 1. The van der Waals surface area contributed by atoms with Gasteiger partial charge in [-0.1, -0.05) is 33.0 Å². The molecular weight excluding hydrogens is 304 g/mol. The van der Waals surface area contributed by atoms with Crippen LogP contribution in [0.1, 0.15) is 25.6 Å². The Balaban J connectivity index is 2.23. The van der Waals surface area contributed by atoms with Crippen molar-refractivity contribution in [2.75, 3.05) is 6.61 Å². The van der Waals surface area contributed by atoms with E-state index < -0.39 is 8.07 Å². The van der Waals surface area contributed by atoms with Gasteiger partial charge in [0.25, 0.3) is 0 Å². The average Bonchev–Trinajstić information content (AvgIpc) is 2.70. The molecule has 0 aliphatic rings. The molecule has 0 aliphatic carbocycles. The van der Waals surface area contributed by atoms with Crippen molar-refractivity contribution < 1.29 is 4.74 Å². The predicted molar refractivity (Wildman–Crippen MR) is 98.7 cm³/mol. The van der Waals surface area contributed by atoms with Crippen LogP contribution in [0.3, 0.4) is 0 Å². The van der Waals surface area contributed by atoms with E-state index in [0.717, 1.165) is 48.8 Å². The molecule has 5 heteroatoms. The molecule has 1 aromatic heterocycles. The zero-order valence-electron chi connectivity index (χ0n) is 14.8. The van der Waals surface area contributed by atoms with E-state index in [1.165, 1.54) is 0 Å². The molecule has 0 unspecified atom stereocenters. The lowest BCUT2D eigenvalue weighted by Gasteiger charge is -2.16. The molecular formula is C18H28N2O2Si. The zero-order chi connectivity index (χ0) is 16.9. The van der Waals surface area contributed by atoms with Gasteiger partial charge in [0.15, 0.2) is 5.43 Å². The number of rotatable bonds is 8. The number of aryl methyl sites for hydroxylation is 1. The summed E-state index contributed by atoms with van der Waals surface area (Å²) in [6.45, 7) is 10.5. The van der Waals surface area contributed by atoms with Crippen molar-refractivity contribution in [1.29, 1.82) is 0 Å². The van der Waals surface area contributed by atoms with Crippen LogP contribution in [0.25, 0.3) is 11.0 Å². The van der Waals surface area contributed by atoms with Crippen LogP contribution in [0.5, 0.6) is 0 Å². The van der Waals surface area contributed by atoms with E-state index in [4.69, 9.17) is 9.72 Å². The summed E-state index contributed by atoms with van der Waals surface area (Å²) in [5.41, 5.74) is 1.85. The molecule has 0 spiro atoms. The average molecular weight is 333 g/mol. The third-order valence-corrected chi connectivity index (χ3v) is 5.60. The minimum Gasteiger partial charge on any atom is -0.361 e. The fourth-order valence-corrected chi connectivity index (χ4v) is 3.17. The predicted octanol–water partition coefficient (Wildman–Crippen LogP) is 4.05. The van der Waals surface area contributed by atoms with Crippen molar-refractivity contribution in [3.63, 3.8) is 0 Å². The van der Waals surface area contributed by atoms with Crippen LogP contribution < -0.4 is 5.43 Å². The molecule has 2 aromatic rings. The van der Waals surface area contributed by atoms with Gasteiger partial charge in [-0.3, -0.25) is 4.79 Å². The van der Waals surface area contributed by atoms with E-state index in [9.17, 15) is 4.79 Å². The van der Waals surface area contributed by atoms with Crippen molar-refractivity contribution in [2.45, 2.75) is 58.6 Å². The summed E-state index contributed by atoms with van der Waals surface area (Å²) in [5.74, 6) is 1.05. The number of imidazole rings is 1. The van der Waals surface area contributed by atoms with Gasteiger partial charge in [0, 0.05) is 21.1 Å². The standard InChI is InChI=1S/C18H28N2O2Si/c1-5-6-7-18-19-16-10-8-15(21)9-11-17(16)20(18)14-22-12-13-23(2,3)4/h8-11H,5-7,12-14H2,1-4H3. The van der Waals surface area contributed by atoms with Crippen LogP contribution in [-0.2, 0) is 17.9 Å². The molecule has 0 saturated carbocycles. The molecule has 0 aliphatic heterocycles. The van der Waals surface area contributed by atoms with E-state index in [1.807, 2.05) is 12.1 Å². The number of aromatic nitrogens is 2. The number of hydrogen-bond acceptors (Lipinski definition) is 3. The third-order valence-electron chi connectivity index (χ3n) is 3.90. The summed E-state index contributed by atoms with van der Waals surface area (Å²) >= 11 is 0. The first-order valence-corrected chi connectivity index (χ1v) is 12.2. The molecule has 1 heterocycles. The topological polar surface area (TPSA) is 44.1 Å². The van der Waals surface area contributed by atoms with E-state index in [-0.39, 0.29) is 5.43 Å². The van der Waals surface area contributed by atoms with Gasteiger partial charge in [0.2, 0.25) is 0 Å². The van der Waals surface area contributed by atoms with Crippen molar-refractivity contribution in [1.82, 2.24) is 9.55 Å². The molecule has 0 saturated heterocycles. The molecule has 126 valence electrons. The van der Waals surface area contributed by atoms with E-state index in [1.54, 1.807) is 12.1 Å². The SMILES string of the molecule is CCCCc1nc2ccc(=O)ccc2n1COCC[Si](C)(C)C. The first-order valence-electron chi connectivity index (χ1n) is 8.48. The summed E-state index contributed by atoms with van der Waals surface area (Å²) < 4.78 is 8.04. The zero-order valence-corrected chi connectivity index (χ0v) is 15.8. The summed E-state index contributed by atoms with van der Waals surface area (Å²) in [4.78, 5) is 16.3. The van der Waals surface area contributed by atoms with Gasteiger partial charge in [0.1, 0.15) is 12.6 Å². The van der Waals surface area contributed by atoms with Gasteiger partial charge in [-0.25, -0.2) is 4.98 Å². The summed E-state index contributed by atoms with van der Waals surface area (Å²) in [6.07, 6.45) is 3.19. The first-order chi connectivity index (χ1) is 10.9. The molecule has 0 radical (unpaired) electrons. The smallest absolute Gasteiger partial charge is 0.178 e. The third kappa shape index (κ3) is 5.29. The minimum atomic E-state index is -1.08. The van der Waals surface area contributed by atoms with Gasteiger partial charge in [-0.15, -0.1) is 0 Å². The van der Waals surface area contributed by atoms with Crippen LogP contribution in [-0.4, -0.2) is 24.2 Å². The van der Waals surface area contributed by atoms with Crippen LogP contribution in [0, 0.1) is 0 Å². The Bertz CT molecular complexity index is 704. The maximum absolute atomic E-state index is 11.6. The highest BCUT2D eigenvalue weighted by atomic mass is 28.3. The lowest BCUT2D eigenvalue weighted by atomic mass is 10.2. The Morgan fingerprint density at radius 1 is 1.17 bits per heavy atom. The molecule has 0 amide bonds. The fourth-order valence-electron chi connectivity index (χ4n) is 2.41. The van der Waals surface area contributed by atoms with Gasteiger partial charge in [-0.05, 0) is 36.7 Å². The van der Waals surface area contributed by atoms with Gasteiger partial charge in [0.05, 0.1) is 11.0 Å². The lowest BCUT2D eigenvalue weighted by molar-refractivity contribution is 0.0878. The molecule has 0 atom stereocenters. The van der Waals surface area contributed by atoms with E-state index in [2.05, 4.69) is 31.1 Å². The summed E-state index contributed by atoms with van der Waals surface area (Å²) in [5, 5.41) is 0. The molecule has 0 N–H and O–H groups in total. The maximum atomic E-state index is 11.6. The van der Waals surface area contributed by atoms with Crippen LogP contribution in [0.4, 0.5) is 0 Å². The van der Waals surface area contributed by atoms with E-state index in [0.29, 0.717) is 6.73 Å². The Labute approximate surface area is 139 Å². The fraction of sp³-hybridized carbons (Fsp3) is 0.556. The van der Waals surface area contributed by atoms with Crippen LogP contribution in [0.15, 0.2) is 29.1 Å². The van der Waals surface area contributed by atoms with Gasteiger partial charge < -0.3 is 9.30 Å². The number of nitrogens with zero attached hydrogens (tertiary/aromatic N) is 2. The van der Waals surface area contributed by atoms with Crippen LogP contribution >= 0.6 is 0 Å². The Morgan fingerprint density at radius 2 is 1.91 bits per heavy atom. The first kappa shape index (κ1) is 17.9. The second-order valence-corrected chi connectivity index (χ2v) is 12.9. The van der Waals surface area contributed by atoms with Gasteiger partial charge >= 0.3 is 0 Å². The van der Waals surface area contributed by atoms with Gasteiger partial charge in [-0.2, -0.15) is 0 Å². The summed E-state index contributed by atoms with van der Waals surface area (Å²) in [6, 6.07) is 8.01. The second kappa shape index (κ2) is 7.88. The van der Waals surface area contributed by atoms with Crippen LogP contribution in [0.2, 0.25) is 25.7 Å². The minimum absolute atomic E-state index is 0.00399. The Hall–Kier alpha value is -1.46. The molecule has 2 rings (SSSR count). The molecule has 23 heavy (non-hydrogen) atoms.